The van der Waals surface area contributed by atoms with Crippen molar-refractivity contribution in [1.82, 2.24) is 14.8 Å². The van der Waals surface area contributed by atoms with E-state index in [0.717, 1.165) is 23.4 Å². The Kier molecular flexibility index (Phi) is 4.38. The van der Waals surface area contributed by atoms with Gasteiger partial charge in [-0.15, -0.1) is 0 Å². The number of aryl methyl sites for hydroxylation is 2. The largest absolute Gasteiger partial charge is 0.461 e. The van der Waals surface area contributed by atoms with Gasteiger partial charge in [0.15, 0.2) is 5.78 Å². The number of hydrogen-bond acceptors (Lipinski definition) is 4. The molecule has 0 aromatic carbocycles. The second kappa shape index (κ2) is 6.47. The molecular weight excluding hydrogens is 306 g/mol. The minimum absolute atomic E-state index is 0.0233. The van der Waals surface area contributed by atoms with Crippen LogP contribution < -0.4 is 0 Å². The summed E-state index contributed by atoms with van der Waals surface area (Å²) in [6.07, 6.45) is 6.92. The summed E-state index contributed by atoms with van der Waals surface area (Å²) in [5, 5.41) is 4.23. The third-order valence-corrected chi connectivity index (χ3v) is 4.29. The molecule has 1 aliphatic carbocycles. The molecule has 1 N–H and O–H groups in total. The molecule has 0 bridgehead atoms. The summed E-state index contributed by atoms with van der Waals surface area (Å²) in [5.41, 5.74) is 4.15. The number of ether oxygens (including phenoxy) is 1. The van der Waals surface area contributed by atoms with E-state index in [2.05, 4.69) is 10.1 Å². The summed E-state index contributed by atoms with van der Waals surface area (Å²) in [4.78, 5) is 27.9. The molecule has 0 fully saturated rings. The van der Waals surface area contributed by atoms with Gasteiger partial charge in [-0.1, -0.05) is 0 Å². The molecule has 3 rings (SSSR count). The number of nitrogens with zero attached hydrogens (tertiary/aromatic N) is 2. The first kappa shape index (κ1) is 16.2. The highest BCUT2D eigenvalue weighted by Gasteiger charge is 2.29. The fourth-order valence-electron chi connectivity index (χ4n) is 3.06. The Hall–Kier alpha value is -2.63. The van der Waals surface area contributed by atoms with Crippen LogP contribution in [0.15, 0.2) is 18.0 Å². The number of carbonyl (C=O) groups excluding carboxylic acids is 2. The van der Waals surface area contributed by atoms with Crippen LogP contribution in [0.4, 0.5) is 0 Å². The van der Waals surface area contributed by atoms with Crippen molar-refractivity contribution < 1.29 is 14.3 Å². The van der Waals surface area contributed by atoms with Gasteiger partial charge in [0.25, 0.3) is 0 Å². The Balaban J connectivity index is 1.94. The van der Waals surface area contributed by atoms with Gasteiger partial charge in [-0.2, -0.15) is 5.10 Å². The number of carbonyl (C=O) groups is 2. The van der Waals surface area contributed by atoms with E-state index in [-0.39, 0.29) is 5.78 Å². The van der Waals surface area contributed by atoms with Crippen molar-refractivity contribution in [3.8, 4) is 0 Å². The van der Waals surface area contributed by atoms with Crippen LogP contribution in [0.5, 0.6) is 0 Å². The predicted molar refractivity (Wildman–Crippen MR) is 90.0 cm³/mol. The van der Waals surface area contributed by atoms with Gasteiger partial charge in [-0.25, -0.2) is 4.79 Å². The monoisotopic (exact) mass is 327 g/mol. The van der Waals surface area contributed by atoms with Crippen LogP contribution in [0.1, 0.15) is 57.9 Å². The van der Waals surface area contributed by atoms with Crippen LogP contribution in [-0.4, -0.2) is 33.1 Å². The van der Waals surface area contributed by atoms with Gasteiger partial charge in [0, 0.05) is 35.1 Å². The van der Waals surface area contributed by atoms with E-state index in [1.165, 1.54) is 0 Å². The van der Waals surface area contributed by atoms with Crippen LogP contribution >= 0.6 is 0 Å². The zero-order valence-electron chi connectivity index (χ0n) is 14.2. The first-order valence-corrected chi connectivity index (χ1v) is 8.21. The second-order valence-corrected chi connectivity index (χ2v) is 5.83. The van der Waals surface area contributed by atoms with Gasteiger partial charge in [0.05, 0.1) is 12.8 Å². The number of hydrogen-bond donors (Lipinski definition) is 1. The minimum atomic E-state index is -0.410. The van der Waals surface area contributed by atoms with Gasteiger partial charge in [-0.3, -0.25) is 9.48 Å². The first-order valence-electron chi connectivity index (χ1n) is 8.21. The van der Waals surface area contributed by atoms with Crippen molar-refractivity contribution in [2.24, 2.45) is 0 Å². The number of esters is 1. The van der Waals surface area contributed by atoms with Crippen molar-refractivity contribution in [1.29, 1.82) is 0 Å². The standard InChI is InChI=1S/C18H21N3O3/c1-4-21-10-12(9-19-21)8-13-6-7-14-15(17(13)22)11(3)16(20-14)18(23)24-5-2/h8-10,20H,4-7H2,1-3H3/b13-8+. The third-order valence-electron chi connectivity index (χ3n) is 4.29. The minimum Gasteiger partial charge on any atom is -0.461 e. The van der Waals surface area contributed by atoms with E-state index in [1.807, 2.05) is 23.9 Å². The van der Waals surface area contributed by atoms with Crippen molar-refractivity contribution in [2.75, 3.05) is 6.61 Å². The molecular formula is C18H21N3O3. The van der Waals surface area contributed by atoms with Crippen LogP contribution in [0.2, 0.25) is 0 Å². The number of aromatic amines is 1. The molecule has 0 spiro atoms. The van der Waals surface area contributed by atoms with E-state index in [4.69, 9.17) is 4.74 Å². The molecule has 24 heavy (non-hydrogen) atoms. The zero-order valence-corrected chi connectivity index (χ0v) is 14.2. The predicted octanol–water partition coefficient (Wildman–Crippen LogP) is 2.93. The molecule has 0 saturated carbocycles. The van der Waals surface area contributed by atoms with Crippen molar-refractivity contribution in [3.63, 3.8) is 0 Å². The fraction of sp³-hybridized carbons (Fsp3) is 0.389. The van der Waals surface area contributed by atoms with Crippen molar-refractivity contribution in [3.05, 3.63) is 46.0 Å². The lowest BCUT2D eigenvalue weighted by Crippen LogP contribution is -2.13. The Bertz CT molecular complexity index is 827. The maximum absolute atomic E-state index is 12.8. The van der Waals surface area contributed by atoms with Gasteiger partial charge in [-0.05, 0) is 45.3 Å². The summed E-state index contributed by atoms with van der Waals surface area (Å²) in [6, 6.07) is 0. The van der Waals surface area contributed by atoms with Crippen LogP contribution in [0.3, 0.4) is 0 Å². The lowest BCUT2D eigenvalue weighted by molar-refractivity contribution is 0.0519. The number of allylic oxidation sites excluding steroid dienone is 1. The molecule has 0 unspecified atom stereocenters. The summed E-state index contributed by atoms with van der Waals surface area (Å²) < 4.78 is 6.88. The summed E-state index contributed by atoms with van der Waals surface area (Å²) in [6.45, 7) is 6.67. The Labute approximate surface area is 140 Å². The van der Waals surface area contributed by atoms with Gasteiger partial charge >= 0.3 is 5.97 Å². The SMILES string of the molecule is CCOC(=O)c1[nH]c2c(c1C)C(=O)/C(=C/c1cnn(CC)c1)CC2. The van der Waals surface area contributed by atoms with Gasteiger partial charge in [0.1, 0.15) is 5.69 Å². The Morgan fingerprint density at radius 2 is 2.21 bits per heavy atom. The smallest absolute Gasteiger partial charge is 0.355 e. The van der Waals surface area contributed by atoms with E-state index < -0.39 is 5.97 Å². The topological polar surface area (TPSA) is 77.0 Å². The number of rotatable bonds is 4. The molecule has 6 nitrogen and oxygen atoms in total. The highest BCUT2D eigenvalue weighted by Crippen LogP contribution is 2.30. The van der Waals surface area contributed by atoms with E-state index >= 15 is 0 Å². The van der Waals surface area contributed by atoms with E-state index in [9.17, 15) is 9.59 Å². The zero-order chi connectivity index (χ0) is 17.3. The highest BCUT2D eigenvalue weighted by atomic mass is 16.5. The van der Waals surface area contributed by atoms with E-state index in [0.29, 0.717) is 36.3 Å². The molecule has 126 valence electrons. The lowest BCUT2D eigenvalue weighted by atomic mass is 9.88. The maximum atomic E-state index is 12.8. The average molecular weight is 327 g/mol. The Morgan fingerprint density at radius 1 is 1.42 bits per heavy atom. The maximum Gasteiger partial charge on any atom is 0.355 e. The second-order valence-electron chi connectivity index (χ2n) is 5.83. The number of Topliss-reactive ketones (excluding diaryl/α,β-unsaturated/α-hetero) is 1. The molecule has 0 amide bonds. The quantitative estimate of drug-likeness (QED) is 0.692. The van der Waals surface area contributed by atoms with Crippen LogP contribution in [0.25, 0.3) is 6.08 Å². The average Bonchev–Trinajstić information content (AvgIpc) is 3.15. The normalized spacial score (nSPS) is 15.6. The summed E-state index contributed by atoms with van der Waals surface area (Å²) >= 11 is 0. The number of fused-ring (bicyclic) bond motifs is 1. The number of nitrogens with one attached hydrogen (secondary N) is 1. The van der Waals surface area contributed by atoms with Crippen LogP contribution in [0, 0.1) is 6.92 Å². The molecule has 0 atom stereocenters. The molecule has 0 saturated heterocycles. The Morgan fingerprint density at radius 3 is 2.88 bits per heavy atom. The first-order chi connectivity index (χ1) is 11.5. The fourth-order valence-corrected chi connectivity index (χ4v) is 3.06. The number of ketones is 1. The summed E-state index contributed by atoms with van der Waals surface area (Å²) in [5.74, 6) is -0.434. The number of H-pyrrole nitrogens is 1. The lowest BCUT2D eigenvalue weighted by Gasteiger charge is -2.14. The molecule has 0 radical (unpaired) electrons. The molecule has 6 heteroatoms. The van der Waals surface area contributed by atoms with Gasteiger partial charge in [0.2, 0.25) is 0 Å². The molecule has 0 aliphatic heterocycles. The van der Waals surface area contributed by atoms with E-state index in [1.54, 1.807) is 20.0 Å². The molecule has 2 heterocycles. The van der Waals surface area contributed by atoms with Crippen molar-refractivity contribution >= 4 is 17.8 Å². The van der Waals surface area contributed by atoms with Crippen molar-refractivity contribution in [2.45, 2.75) is 40.2 Å². The molecule has 2 aromatic rings. The third kappa shape index (κ3) is 2.79. The van der Waals surface area contributed by atoms with Gasteiger partial charge < -0.3 is 9.72 Å². The van der Waals surface area contributed by atoms with Crippen LogP contribution in [-0.2, 0) is 17.7 Å². The number of aromatic nitrogens is 3. The molecule has 1 aliphatic rings. The molecule has 2 aromatic heterocycles. The highest BCUT2D eigenvalue weighted by molar-refractivity contribution is 6.15. The summed E-state index contributed by atoms with van der Waals surface area (Å²) in [7, 11) is 0.